The van der Waals surface area contributed by atoms with Crippen molar-refractivity contribution in [1.82, 2.24) is 15.1 Å². The molecule has 0 aromatic heterocycles. The van der Waals surface area contributed by atoms with Crippen molar-refractivity contribution >= 4 is 18.3 Å². The molecule has 0 aliphatic carbocycles. The van der Waals surface area contributed by atoms with Gasteiger partial charge in [0, 0.05) is 45.3 Å². The van der Waals surface area contributed by atoms with Gasteiger partial charge in [-0.25, -0.2) is 0 Å². The molecule has 24 heavy (non-hydrogen) atoms. The van der Waals surface area contributed by atoms with E-state index in [1.165, 1.54) is 0 Å². The lowest BCUT2D eigenvalue weighted by molar-refractivity contribution is 0.0769. The number of nitrogens with zero attached hydrogens (tertiary/aromatic N) is 2. The molecule has 2 heterocycles. The van der Waals surface area contributed by atoms with E-state index < -0.39 is 0 Å². The predicted octanol–water partition coefficient (Wildman–Crippen LogP) is 1.25. The van der Waals surface area contributed by atoms with Gasteiger partial charge < -0.3 is 19.7 Å². The van der Waals surface area contributed by atoms with Crippen LogP contribution in [-0.2, 0) is 0 Å². The number of rotatable bonds is 4. The highest BCUT2D eigenvalue weighted by atomic mass is 35.5. The zero-order valence-electron chi connectivity index (χ0n) is 14.3. The Morgan fingerprint density at radius 3 is 2.58 bits per heavy atom. The molecule has 1 unspecified atom stereocenters. The summed E-state index contributed by atoms with van der Waals surface area (Å²) in [4.78, 5) is 17.3. The Labute approximate surface area is 149 Å². The normalized spacial score (nSPS) is 21.2. The van der Waals surface area contributed by atoms with E-state index in [-0.39, 0.29) is 18.3 Å². The summed E-state index contributed by atoms with van der Waals surface area (Å²) in [7, 11) is 3.16. The van der Waals surface area contributed by atoms with E-state index in [2.05, 4.69) is 10.2 Å². The molecule has 0 spiro atoms. The van der Waals surface area contributed by atoms with Crippen molar-refractivity contribution in [2.45, 2.75) is 12.5 Å². The van der Waals surface area contributed by atoms with E-state index in [0.717, 1.165) is 45.7 Å². The smallest absolute Gasteiger partial charge is 0.257 e. The van der Waals surface area contributed by atoms with Gasteiger partial charge in [-0.3, -0.25) is 9.69 Å². The fraction of sp³-hybridized carbons (Fsp3) is 0.588. The van der Waals surface area contributed by atoms with Crippen molar-refractivity contribution in [1.29, 1.82) is 0 Å². The average Bonchev–Trinajstić information content (AvgIpc) is 3.11. The summed E-state index contributed by atoms with van der Waals surface area (Å²) in [5, 5.41) is 3.37. The Hall–Kier alpha value is -1.50. The number of carbonyl (C=O) groups is 1. The first-order valence-corrected chi connectivity index (χ1v) is 8.19. The van der Waals surface area contributed by atoms with E-state index in [9.17, 15) is 4.79 Å². The van der Waals surface area contributed by atoms with Crippen LogP contribution < -0.4 is 14.8 Å². The molecule has 1 aromatic carbocycles. The standard InChI is InChI=1S/C17H25N3O3.ClH/c1-22-15-5-3-4-14(16(15)23-2)17(21)20-9-6-13(12-20)19-10-7-18-8-11-19;/h3-5,13,18H,6-12H2,1-2H3;1H. The Bertz CT molecular complexity index is 564. The molecule has 134 valence electrons. The number of amides is 1. The van der Waals surface area contributed by atoms with Crippen molar-refractivity contribution in [2.24, 2.45) is 0 Å². The molecular formula is C17H26ClN3O3. The minimum Gasteiger partial charge on any atom is -0.493 e. The molecule has 0 radical (unpaired) electrons. The number of ether oxygens (including phenoxy) is 2. The molecule has 7 heteroatoms. The lowest BCUT2D eigenvalue weighted by Gasteiger charge is -2.32. The summed E-state index contributed by atoms with van der Waals surface area (Å²) >= 11 is 0. The van der Waals surface area contributed by atoms with Crippen molar-refractivity contribution in [3.05, 3.63) is 23.8 Å². The number of halogens is 1. The fourth-order valence-electron chi connectivity index (χ4n) is 3.50. The van der Waals surface area contributed by atoms with E-state index >= 15 is 0 Å². The van der Waals surface area contributed by atoms with E-state index in [1.807, 2.05) is 23.1 Å². The number of benzene rings is 1. The molecule has 1 amide bonds. The number of hydrogen-bond donors (Lipinski definition) is 1. The highest BCUT2D eigenvalue weighted by Gasteiger charge is 2.32. The average molecular weight is 356 g/mol. The Balaban J connectivity index is 0.00000208. The Morgan fingerprint density at radius 1 is 1.17 bits per heavy atom. The third-order valence-corrected chi connectivity index (χ3v) is 4.75. The highest BCUT2D eigenvalue weighted by molar-refractivity contribution is 5.98. The second kappa shape index (κ2) is 8.55. The molecule has 2 saturated heterocycles. The third-order valence-electron chi connectivity index (χ3n) is 4.75. The minimum absolute atomic E-state index is 0. The second-order valence-corrected chi connectivity index (χ2v) is 6.02. The van der Waals surface area contributed by atoms with Crippen molar-refractivity contribution in [2.75, 3.05) is 53.5 Å². The van der Waals surface area contributed by atoms with Crippen LogP contribution in [0.1, 0.15) is 16.8 Å². The van der Waals surface area contributed by atoms with Gasteiger partial charge in [-0.1, -0.05) is 6.07 Å². The molecular weight excluding hydrogens is 330 g/mol. The Morgan fingerprint density at radius 2 is 1.92 bits per heavy atom. The maximum absolute atomic E-state index is 12.9. The van der Waals surface area contributed by atoms with Gasteiger partial charge in [-0.2, -0.15) is 0 Å². The van der Waals surface area contributed by atoms with Crippen LogP contribution in [0.4, 0.5) is 0 Å². The molecule has 0 saturated carbocycles. The molecule has 2 aliphatic heterocycles. The summed E-state index contributed by atoms with van der Waals surface area (Å²) in [6.45, 7) is 5.79. The molecule has 6 nitrogen and oxygen atoms in total. The largest absolute Gasteiger partial charge is 0.493 e. The molecule has 1 N–H and O–H groups in total. The first-order chi connectivity index (χ1) is 11.2. The maximum atomic E-state index is 12.9. The lowest BCUT2D eigenvalue weighted by Crippen LogP contribution is -2.49. The van der Waals surface area contributed by atoms with Gasteiger partial charge in [0.25, 0.3) is 5.91 Å². The zero-order valence-corrected chi connectivity index (χ0v) is 15.1. The summed E-state index contributed by atoms with van der Waals surface area (Å²) in [6, 6.07) is 5.92. The van der Waals surface area contributed by atoms with Crippen LogP contribution >= 0.6 is 12.4 Å². The number of nitrogens with one attached hydrogen (secondary N) is 1. The third kappa shape index (κ3) is 3.77. The number of para-hydroxylation sites is 1. The topological polar surface area (TPSA) is 54.0 Å². The molecule has 0 bridgehead atoms. The SMILES string of the molecule is COc1cccc(C(=O)N2CCC(N3CCNCC3)C2)c1OC.Cl. The first kappa shape index (κ1) is 18.8. The van der Waals surface area contributed by atoms with Crippen molar-refractivity contribution < 1.29 is 14.3 Å². The Kier molecular flexibility index (Phi) is 6.71. The minimum atomic E-state index is 0. The predicted molar refractivity (Wildman–Crippen MR) is 95.5 cm³/mol. The summed E-state index contributed by atoms with van der Waals surface area (Å²) in [5.74, 6) is 1.14. The lowest BCUT2D eigenvalue weighted by atomic mass is 10.1. The molecule has 2 fully saturated rings. The van der Waals surface area contributed by atoms with Crippen molar-refractivity contribution in [3.63, 3.8) is 0 Å². The van der Waals surface area contributed by atoms with Crippen LogP contribution in [-0.4, -0.2) is 75.2 Å². The summed E-state index contributed by atoms with van der Waals surface area (Å²) in [5.41, 5.74) is 0.577. The number of likely N-dealkylation sites (tertiary alicyclic amines) is 1. The van der Waals surface area contributed by atoms with E-state index in [0.29, 0.717) is 23.1 Å². The monoisotopic (exact) mass is 355 g/mol. The maximum Gasteiger partial charge on any atom is 0.257 e. The van der Waals surface area contributed by atoms with Crippen LogP contribution in [0.3, 0.4) is 0 Å². The van der Waals surface area contributed by atoms with Gasteiger partial charge in [0.15, 0.2) is 11.5 Å². The van der Waals surface area contributed by atoms with Gasteiger partial charge in [0.1, 0.15) is 0 Å². The van der Waals surface area contributed by atoms with Gasteiger partial charge in [0.05, 0.1) is 19.8 Å². The fourth-order valence-corrected chi connectivity index (χ4v) is 3.50. The molecule has 1 atom stereocenters. The van der Waals surface area contributed by atoms with E-state index in [4.69, 9.17) is 9.47 Å². The second-order valence-electron chi connectivity index (χ2n) is 6.02. The molecule has 3 rings (SSSR count). The van der Waals surface area contributed by atoms with Gasteiger partial charge in [-0.05, 0) is 18.6 Å². The van der Waals surface area contributed by atoms with Crippen LogP contribution in [0.15, 0.2) is 18.2 Å². The quantitative estimate of drug-likeness (QED) is 0.880. The number of hydrogen-bond acceptors (Lipinski definition) is 5. The molecule has 1 aromatic rings. The van der Waals surface area contributed by atoms with Crippen molar-refractivity contribution in [3.8, 4) is 11.5 Å². The highest BCUT2D eigenvalue weighted by Crippen LogP contribution is 2.32. The van der Waals surface area contributed by atoms with E-state index in [1.54, 1.807) is 14.2 Å². The summed E-state index contributed by atoms with van der Waals surface area (Å²) < 4.78 is 10.7. The van der Waals surface area contributed by atoms with Gasteiger partial charge in [0.2, 0.25) is 0 Å². The number of methoxy groups -OCH3 is 2. The van der Waals surface area contributed by atoms with Crippen LogP contribution in [0.5, 0.6) is 11.5 Å². The van der Waals surface area contributed by atoms with Gasteiger partial charge in [-0.15, -0.1) is 12.4 Å². The van der Waals surface area contributed by atoms with Crippen LogP contribution in [0.25, 0.3) is 0 Å². The zero-order chi connectivity index (χ0) is 16.2. The summed E-state index contributed by atoms with van der Waals surface area (Å²) in [6.07, 6.45) is 1.04. The van der Waals surface area contributed by atoms with Gasteiger partial charge >= 0.3 is 0 Å². The first-order valence-electron chi connectivity index (χ1n) is 8.19. The van der Waals surface area contributed by atoms with Crippen LogP contribution in [0, 0.1) is 0 Å². The number of carbonyl (C=O) groups excluding carboxylic acids is 1. The van der Waals surface area contributed by atoms with Crippen LogP contribution in [0.2, 0.25) is 0 Å². The number of piperazine rings is 1. The molecule has 2 aliphatic rings.